The molecule has 0 amide bonds. The SMILES string of the molecule is CN(N)c1cccc(Br)c1SCc1ccccc1Br. The fraction of sp³-hybridized carbons (Fsp3) is 0.143. The molecule has 2 nitrogen and oxygen atoms in total. The summed E-state index contributed by atoms with van der Waals surface area (Å²) >= 11 is 8.94. The van der Waals surface area contributed by atoms with Crippen LogP contribution >= 0.6 is 43.6 Å². The van der Waals surface area contributed by atoms with E-state index in [0.717, 1.165) is 25.3 Å². The summed E-state index contributed by atoms with van der Waals surface area (Å²) in [6.07, 6.45) is 0. The first-order chi connectivity index (χ1) is 9.09. The molecule has 0 bridgehead atoms. The number of halogens is 2. The zero-order chi connectivity index (χ0) is 13.8. The summed E-state index contributed by atoms with van der Waals surface area (Å²) in [5.41, 5.74) is 2.29. The minimum absolute atomic E-state index is 0.894. The molecule has 0 aliphatic carbocycles. The quantitative estimate of drug-likeness (QED) is 0.452. The van der Waals surface area contributed by atoms with Gasteiger partial charge in [-0.05, 0) is 39.7 Å². The Hall–Kier alpha value is -0.490. The molecule has 2 N–H and O–H groups in total. The molecule has 0 saturated carbocycles. The van der Waals surface area contributed by atoms with Gasteiger partial charge in [0.15, 0.2) is 0 Å². The Balaban J connectivity index is 2.22. The zero-order valence-electron chi connectivity index (χ0n) is 10.4. The molecule has 100 valence electrons. The normalized spacial score (nSPS) is 10.5. The highest BCUT2D eigenvalue weighted by atomic mass is 79.9. The van der Waals surface area contributed by atoms with Crippen molar-refractivity contribution < 1.29 is 0 Å². The van der Waals surface area contributed by atoms with Crippen LogP contribution in [0.15, 0.2) is 56.3 Å². The van der Waals surface area contributed by atoms with Gasteiger partial charge in [0.2, 0.25) is 0 Å². The molecule has 2 aromatic carbocycles. The first-order valence-electron chi connectivity index (χ1n) is 5.72. The molecule has 0 aromatic heterocycles. The van der Waals surface area contributed by atoms with Crippen molar-refractivity contribution >= 4 is 49.3 Å². The average molecular weight is 402 g/mol. The van der Waals surface area contributed by atoms with Crippen LogP contribution in [0, 0.1) is 0 Å². The number of hydrazine groups is 1. The monoisotopic (exact) mass is 400 g/mol. The van der Waals surface area contributed by atoms with Crippen LogP contribution in [-0.4, -0.2) is 7.05 Å². The van der Waals surface area contributed by atoms with E-state index in [4.69, 9.17) is 5.84 Å². The van der Waals surface area contributed by atoms with Gasteiger partial charge in [-0.25, -0.2) is 5.84 Å². The number of hydrogen-bond acceptors (Lipinski definition) is 3. The molecule has 2 aromatic rings. The van der Waals surface area contributed by atoms with Crippen molar-refractivity contribution in [2.24, 2.45) is 5.84 Å². The second kappa shape index (κ2) is 6.79. The number of hydrogen-bond donors (Lipinski definition) is 1. The molecule has 2 rings (SSSR count). The van der Waals surface area contributed by atoms with E-state index in [2.05, 4.69) is 50.1 Å². The van der Waals surface area contributed by atoms with Crippen LogP contribution in [0.25, 0.3) is 0 Å². The Morgan fingerprint density at radius 2 is 1.74 bits per heavy atom. The molecular weight excluding hydrogens is 388 g/mol. The summed E-state index contributed by atoms with van der Waals surface area (Å²) < 4.78 is 2.21. The summed E-state index contributed by atoms with van der Waals surface area (Å²) in [6, 6.07) is 14.3. The highest BCUT2D eigenvalue weighted by molar-refractivity contribution is 9.10. The van der Waals surface area contributed by atoms with Crippen molar-refractivity contribution in [2.75, 3.05) is 12.1 Å². The lowest BCUT2D eigenvalue weighted by atomic mass is 10.2. The average Bonchev–Trinajstić information content (AvgIpc) is 2.38. The van der Waals surface area contributed by atoms with Gasteiger partial charge in [0.25, 0.3) is 0 Å². The van der Waals surface area contributed by atoms with Crippen molar-refractivity contribution in [3.63, 3.8) is 0 Å². The van der Waals surface area contributed by atoms with Gasteiger partial charge in [0.1, 0.15) is 0 Å². The van der Waals surface area contributed by atoms with Gasteiger partial charge in [0.05, 0.1) is 5.69 Å². The number of thioether (sulfide) groups is 1. The standard InChI is InChI=1S/C14H14Br2N2S/c1-18(17)13-8-4-7-12(16)14(13)19-9-10-5-2-3-6-11(10)15/h2-8H,9,17H2,1H3. The molecule has 0 fully saturated rings. The highest BCUT2D eigenvalue weighted by Gasteiger charge is 2.10. The fourth-order valence-electron chi connectivity index (χ4n) is 1.68. The van der Waals surface area contributed by atoms with E-state index in [1.165, 1.54) is 5.56 Å². The van der Waals surface area contributed by atoms with E-state index >= 15 is 0 Å². The Morgan fingerprint density at radius 3 is 2.42 bits per heavy atom. The van der Waals surface area contributed by atoms with Crippen LogP contribution < -0.4 is 10.9 Å². The Bertz CT molecular complexity index is 573. The van der Waals surface area contributed by atoms with Crippen LogP contribution in [0.3, 0.4) is 0 Å². The zero-order valence-corrected chi connectivity index (χ0v) is 14.4. The van der Waals surface area contributed by atoms with Crippen molar-refractivity contribution in [3.8, 4) is 0 Å². The summed E-state index contributed by atoms with van der Waals surface area (Å²) in [7, 11) is 1.85. The Labute approximate surface area is 134 Å². The molecule has 5 heteroatoms. The van der Waals surface area contributed by atoms with Gasteiger partial charge in [-0.15, -0.1) is 11.8 Å². The fourth-order valence-corrected chi connectivity index (χ4v) is 4.11. The molecule has 0 unspecified atom stereocenters. The van der Waals surface area contributed by atoms with Crippen LogP contribution in [-0.2, 0) is 5.75 Å². The van der Waals surface area contributed by atoms with Crippen molar-refractivity contribution in [2.45, 2.75) is 10.6 Å². The van der Waals surface area contributed by atoms with Gasteiger partial charge in [-0.3, -0.25) is 0 Å². The molecule has 0 atom stereocenters. The summed E-state index contributed by atoms with van der Waals surface area (Å²) in [5.74, 6) is 6.77. The molecule has 0 saturated heterocycles. The lowest BCUT2D eigenvalue weighted by Gasteiger charge is -2.18. The lowest BCUT2D eigenvalue weighted by molar-refractivity contribution is 0.993. The van der Waals surface area contributed by atoms with E-state index in [1.807, 2.05) is 31.3 Å². The maximum absolute atomic E-state index is 5.87. The third-order valence-corrected chi connectivity index (χ3v) is 5.53. The number of anilines is 1. The molecular formula is C14H14Br2N2S. The van der Waals surface area contributed by atoms with E-state index < -0.39 is 0 Å². The van der Waals surface area contributed by atoms with E-state index in [1.54, 1.807) is 16.8 Å². The second-order valence-electron chi connectivity index (χ2n) is 4.08. The summed E-state index contributed by atoms with van der Waals surface area (Å²) in [6.45, 7) is 0. The molecule has 0 radical (unpaired) electrons. The minimum atomic E-state index is 0.894. The van der Waals surface area contributed by atoms with E-state index in [0.29, 0.717) is 0 Å². The molecule has 0 spiro atoms. The lowest BCUT2D eigenvalue weighted by Crippen LogP contribution is -2.25. The minimum Gasteiger partial charge on any atom is -0.313 e. The molecule has 19 heavy (non-hydrogen) atoms. The second-order valence-corrected chi connectivity index (χ2v) is 6.77. The maximum atomic E-state index is 5.87. The topological polar surface area (TPSA) is 29.3 Å². The maximum Gasteiger partial charge on any atom is 0.0661 e. The van der Waals surface area contributed by atoms with Gasteiger partial charge >= 0.3 is 0 Å². The number of nitrogens with zero attached hydrogens (tertiary/aromatic N) is 1. The van der Waals surface area contributed by atoms with Crippen LogP contribution in [0.2, 0.25) is 0 Å². The van der Waals surface area contributed by atoms with Crippen molar-refractivity contribution in [1.82, 2.24) is 0 Å². The summed E-state index contributed by atoms with van der Waals surface area (Å²) in [4.78, 5) is 1.16. The highest BCUT2D eigenvalue weighted by Crippen LogP contribution is 2.38. The number of rotatable bonds is 4. The van der Waals surface area contributed by atoms with Crippen LogP contribution in [0.5, 0.6) is 0 Å². The van der Waals surface area contributed by atoms with Crippen molar-refractivity contribution in [3.05, 3.63) is 57.0 Å². The third kappa shape index (κ3) is 3.75. The van der Waals surface area contributed by atoms with E-state index in [9.17, 15) is 0 Å². The van der Waals surface area contributed by atoms with Crippen LogP contribution in [0.1, 0.15) is 5.56 Å². The third-order valence-electron chi connectivity index (χ3n) is 2.66. The molecule has 0 aliphatic rings. The Morgan fingerprint density at radius 1 is 1.05 bits per heavy atom. The van der Waals surface area contributed by atoms with Gasteiger partial charge in [-0.2, -0.15) is 0 Å². The Kier molecular flexibility index (Phi) is 5.33. The summed E-state index contributed by atoms with van der Waals surface area (Å²) in [5, 5.41) is 1.65. The van der Waals surface area contributed by atoms with Gasteiger partial charge in [0, 0.05) is 26.6 Å². The predicted molar refractivity (Wildman–Crippen MR) is 90.4 cm³/mol. The van der Waals surface area contributed by atoms with Gasteiger partial charge in [-0.1, -0.05) is 40.2 Å². The first-order valence-corrected chi connectivity index (χ1v) is 8.30. The first kappa shape index (κ1) is 14.9. The smallest absolute Gasteiger partial charge is 0.0661 e. The molecule has 0 aliphatic heterocycles. The van der Waals surface area contributed by atoms with Crippen molar-refractivity contribution in [1.29, 1.82) is 0 Å². The van der Waals surface area contributed by atoms with Crippen LogP contribution in [0.4, 0.5) is 5.69 Å². The molecule has 0 heterocycles. The largest absolute Gasteiger partial charge is 0.313 e. The van der Waals surface area contributed by atoms with E-state index in [-0.39, 0.29) is 0 Å². The number of nitrogens with two attached hydrogens (primary N) is 1. The van der Waals surface area contributed by atoms with Gasteiger partial charge < -0.3 is 5.01 Å². The number of benzene rings is 2. The predicted octanol–water partition coefficient (Wildman–Crippen LogP) is 4.81.